The van der Waals surface area contributed by atoms with Crippen LogP contribution in [-0.4, -0.2) is 65.9 Å². The van der Waals surface area contributed by atoms with Crippen molar-refractivity contribution < 1.29 is 19.1 Å². The molecule has 2 aromatic rings. The van der Waals surface area contributed by atoms with Crippen molar-refractivity contribution in [1.29, 1.82) is 0 Å². The van der Waals surface area contributed by atoms with Crippen LogP contribution in [0.25, 0.3) is 0 Å². The Morgan fingerprint density at radius 2 is 1.94 bits per heavy atom. The van der Waals surface area contributed by atoms with Crippen LogP contribution in [0, 0.1) is 5.92 Å². The number of methoxy groups -OCH3 is 1. The van der Waals surface area contributed by atoms with Crippen LogP contribution in [0.4, 0.5) is 0 Å². The number of piperidine rings is 1. The highest BCUT2D eigenvalue weighted by atomic mass is 32.2. The average Bonchev–Trinajstić information content (AvgIpc) is 2.89. The van der Waals surface area contributed by atoms with Crippen molar-refractivity contribution in [2.24, 2.45) is 5.92 Å². The summed E-state index contributed by atoms with van der Waals surface area (Å²) in [5.74, 6) is 0.644. The number of thioether (sulfide) groups is 1. The fourth-order valence-electron chi connectivity index (χ4n) is 3.98. The zero-order chi connectivity index (χ0) is 24.3. The average molecular weight is 485 g/mol. The third-order valence-corrected chi connectivity index (χ3v) is 6.58. The van der Waals surface area contributed by atoms with E-state index in [2.05, 4.69) is 15.6 Å². The van der Waals surface area contributed by atoms with Gasteiger partial charge in [0.15, 0.2) is 0 Å². The number of rotatable bonds is 10. The van der Waals surface area contributed by atoms with Crippen LogP contribution in [0.3, 0.4) is 0 Å². The Hall–Kier alpha value is -3.07. The molecule has 0 saturated carbocycles. The predicted octanol–water partition coefficient (Wildman–Crippen LogP) is 2.50. The zero-order valence-corrected chi connectivity index (χ0v) is 20.5. The molecule has 0 radical (unpaired) electrons. The van der Waals surface area contributed by atoms with Gasteiger partial charge in [0.05, 0.1) is 12.7 Å². The summed E-state index contributed by atoms with van der Waals surface area (Å²) < 4.78 is 5.29. The van der Waals surface area contributed by atoms with E-state index in [4.69, 9.17) is 4.74 Å². The summed E-state index contributed by atoms with van der Waals surface area (Å²) >= 11 is 1.63. The van der Waals surface area contributed by atoms with Crippen LogP contribution in [0.1, 0.15) is 35.2 Å². The van der Waals surface area contributed by atoms with E-state index in [1.165, 1.54) is 7.11 Å². The Kier molecular flexibility index (Phi) is 9.75. The first kappa shape index (κ1) is 25.6. The minimum absolute atomic E-state index is 0.000592. The highest BCUT2D eigenvalue weighted by Gasteiger charge is 2.31. The van der Waals surface area contributed by atoms with E-state index in [0.29, 0.717) is 50.2 Å². The highest BCUT2D eigenvalue weighted by molar-refractivity contribution is 7.98. The maximum Gasteiger partial charge on any atom is 0.255 e. The normalized spacial score (nSPS) is 14.8. The van der Waals surface area contributed by atoms with Gasteiger partial charge in [0.1, 0.15) is 11.8 Å². The number of aromatic nitrogens is 1. The maximum atomic E-state index is 13.3. The van der Waals surface area contributed by atoms with Crippen molar-refractivity contribution in [1.82, 2.24) is 20.5 Å². The minimum atomic E-state index is -0.624. The smallest absolute Gasteiger partial charge is 0.255 e. The molecule has 1 atom stereocenters. The molecule has 2 heterocycles. The molecule has 3 rings (SSSR count). The summed E-state index contributed by atoms with van der Waals surface area (Å²) in [7, 11) is 1.51. The largest absolute Gasteiger partial charge is 0.496 e. The molecule has 3 amide bonds. The van der Waals surface area contributed by atoms with Crippen LogP contribution in [0.15, 0.2) is 48.8 Å². The van der Waals surface area contributed by atoms with Gasteiger partial charge in [-0.2, -0.15) is 11.8 Å². The number of likely N-dealkylation sites (tertiary alicyclic amines) is 1. The SMILES string of the molecule is COc1ccccc1C(=O)NC(CCSC)C(=O)N1CCC(C(=O)NCc2cccnc2)CC1. The van der Waals surface area contributed by atoms with Crippen molar-refractivity contribution in [2.45, 2.75) is 31.8 Å². The number of hydrogen-bond donors (Lipinski definition) is 2. The molecule has 2 N–H and O–H groups in total. The van der Waals surface area contributed by atoms with Gasteiger partial charge in [-0.05, 0) is 55.0 Å². The van der Waals surface area contributed by atoms with Gasteiger partial charge in [-0.25, -0.2) is 0 Å². The molecule has 1 aromatic heterocycles. The van der Waals surface area contributed by atoms with E-state index in [0.717, 1.165) is 11.3 Å². The monoisotopic (exact) mass is 484 g/mol. The lowest BCUT2D eigenvalue weighted by Gasteiger charge is -2.34. The number of pyridine rings is 1. The molecule has 1 saturated heterocycles. The van der Waals surface area contributed by atoms with E-state index in [9.17, 15) is 14.4 Å². The number of carbonyl (C=O) groups is 3. The number of nitrogens with zero attached hydrogens (tertiary/aromatic N) is 2. The van der Waals surface area contributed by atoms with E-state index < -0.39 is 6.04 Å². The predicted molar refractivity (Wildman–Crippen MR) is 133 cm³/mol. The van der Waals surface area contributed by atoms with E-state index in [-0.39, 0.29) is 23.6 Å². The molecule has 1 unspecified atom stereocenters. The number of para-hydroxylation sites is 1. The third kappa shape index (κ3) is 6.96. The second-order valence-electron chi connectivity index (χ2n) is 8.19. The Morgan fingerprint density at radius 3 is 2.62 bits per heavy atom. The quantitative estimate of drug-likeness (QED) is 0.538. The molecule has 1 aliphatic rings. The van der Waals surface area contributed by atoms with Crippen molar-refractivity contribution in [3.63, 3.8) is 0 Å². The summed E-state index contributed by atoms with van der Waals surface area (Å²) in [6, 6.07) is 10.1. The molecule has 1 aliphatic heterocycles. The molecule has 0 bridgehead atoms. The van der Waals surface area contributed by atoms with Gasteiger partial charge < -0.3 is 20.3 Å². The molecule has 0 aliphatic carbocycles. The second kappa shape index (κ2) is 13.0. The summed E-state index contributed by atoms with van der Waals surface area (Å²) in [5.41, 5.74) is 1.35. The molecule has 9 heteroatoms. The first-order valence-electron chi connectivity index (χ1n) is 11.4. The van der Waals surface area contributed by atoms with Crippen molar-refractivity contribution in [3.05, 3.63) is 59.9 Å². The van der Waals surface area contributed by atoms with Gasteiger partial charge in [-0.15, -0.1) is 0 Å². The van der Waals surface area contributed by atoms with Crippen LogP contribution >= 0.6 is 11.8 Å². The van der Waals surface area contributed by atoms with Gasteiger partial charge in [0, 0.05) is 37.9 Å². The molecule has 182 valence electrons. The highest BCUT2D eigenvalue weighted by Crippen LogP contribution is 2.21. The van der Waals surface area contributed by atoms with Crippen LogP contribution in [0.2, 0.25) is 0 Å². The molecule has 0 spiro atoms. The molecular weight excluding hydrogens is 452 g/mol. The lowest BCUT2D eigenvalue weighted by molar-refractivity contribution is -0.137. The Balaban J connectivity index is 1.55. The molecular formula is C25H32N4O4S. The zero-order valence-electron chi connectivity index (χ0n) is 19.7. The molecule has 1 fully saturated rings. The standard InChI is InChI=1S/C25H32N4O4S/c1-33-22-8-4-3-7-20(22)24(31)28-21(11-15-34-2)25(32)29-13-9-19(10-14-29)23(30)27-17-18-6-5-12-26-16-18/h3-8,12,16,19,21H,9-11,13-15,17H2,1-2H3,(H,27,30)(H,28,31). The van der Waals surface area contributed by atoms with E-state index in [1.807, 2.05) is 18.4 Å². The summed E-state index contributed by atoms with van der Waals surface area (Å²) in [6.07, 6.45) is 7.13. The summed E-state index contributed by atoms with van der Waals surface area (Å²) in [5, 5.41) is 5.87. The van der Waals surface area contributed by atoms with Gasteiger partial charge in [-0.1, -0.05) is 18.2 Å². The van der Waals surface area contributed by atoms with Crippen molar-refractivity contribution in [2.75, 3.05) is 32.2 Å². The van der Waals surface area contributed by atoms with Gasteiger partial charge in [-0.3, -0.25) is 19.4 Å². The van der Waals surface area contributed by atoms with Crippen LogP contribution < -0.4 is 15.4 Å². The van der Waals surface area contributed by atoms with Crippen molar-refractivity contribution in [3.8, 4) is 5.75 Å². The fourth-order valence-corrected chi connectivity index (χ4v) is 4.45. The lowest BCUT2D eigenvalue weighted by atomic mass is 9.95. The Labute approximate surface area is 204 Å². The number of carbonyl (C=O) groups excluding carboxylic acids is 3. The lowest BCUT2D eigenvalue weighted by Crippen LogP contribution is -2.52. The Morgan fingerprint density at radius 1 is 1.18 bits per heavy atom. The maximum absolute atomic E-state index is 13.3. The molecule has 1 aromatic carbocycles. The number of ether oxygens (including phenoxy) is 1. The first-order valence-corrected chi connectivity index (χ1v) is 12.8. The number of amides is 3. The summed E-state index contributed by atoms with van der Waals surface area (Å²) in [6.45, 7) is 1.42. The molecule has 34 heavy (non-hydrogen) atoms. The van der Waals surface area contributed by atoms with Gasteiger partial charge in [0.2, 0.25) is 11.8 Å². The first-order chi connectivity index (χ1) is 16.5. The number of nitrogens with one attached hydrogen (secondary N) is 2. The van der Waals surface area contributed by atoms with E-state index >= 15 is 0 Å². The fraction of sp³-hybridized carbons (Fsp3) is 0.440. The third-order valence-electron chi connectivity index (χ3n) is 5.93. The molecule has 8 nitrogen and oxygen atoms in total. The van der Waals surface area contributed by atoms with E-state index in [1.54, 1.807) is 53.3 Å². The number of hydrogen-bond acceptors (Lipinski definition) is 6. The Bertz CT molecular complexity index is 964. The van der Waals surface area contributed by atoms with Crippen LogP contribution in [0.5, 0.6) is 5.75 Å². The second-order valence-corrected chi connectivity index (χ2v) is 9.17. The van der Waals surface area contributed by atoms with Crippen molar-refractivity contribution >= 4 is 29.5 Å². The van der Waals surface area contributed by atoms with Gasteiger partial charge >= 0.3 is 0 Å². The number of benzene rings is 1. The topological polar surface area (TPSA) is 101 Å². The summed E-state index contributed by atoms with van der Waals surface area (Å²) in [4.78, 5) is 44.6. The van der Waals surface area contributed by atoms with Gasteiger partial charge in [0.25, 0.3) is 5.91 Å². The van der Waals surface area contributed by atoms with Crippen LogP contribution in [-0.2, 0) is 16.1 Å². The minimum Gasteiger partial charge on any atom is -0.496 e.